The maximum atomic E-state index is 10.4. The summed E-state index contributed by atoms with van der Waals surface area (Å²) >= 11 is 0. The Morgan fingerprint density at radius 1 is 0.274 bits per heavy atom. The minimum absolute atomic E-state index is 0.0856. The molecule has 0 fully saturated rings. The third-order valence-corrected chi connectivity index (χ3v) is 22.9. The van der Waals surface area contributed by atoms with Crippen LogP contribution in [0, 0.1) is 0 Å². The van der Waals surface area contributed by atoms with Gasteiger partial charge in [0.05, 0.1) is 61.1 Å². The lowest BCUT2D eigenvalue weighted by Gasteiger charge is -2.46. The van der Waals surface area contributed by atoms with E-state index in [0.717, 1.165) is 117 Å². The van der Waals surface area contributed by atoms with Gasteiger partial charge in [-0.1, -0.05) is 325 Å². The van der Waals surface area contributed by atoms with E-state index < -0.39 is 125 Å². The fourth-order valence-corrected chi connectivity index (χ4v) is 16.7. The number of rotatable bonds is 9. The Labute approximate surface area is 691 Å². The van der Waals surface area contributed by atoms with E-state index in [4.69, 9.17) is 4.98 Å². The van der Waals surface area contributed by atoms with Gasteiger partial charge in [0, 0.05) is 94.5 Å². The Hall–Kier alpha value is -11.7. The molecule has 0 bridgehead atoms. The zero-order valence-corrected chi connectivity index (χ0v) is 67.8. The highest BCUT2D eigenvalue weighted by atomic mass is 15.2. The number of anilines is 6. The lowest BCUT2D eigenvalue weighted by atomic mass is 9.33. The predicted molar refractivity (Wildman–Crippen MR) is 486 cm³/mol. The molecular formula is C107H102BN5. The van der Waals surface area contributed by atoms with Crippen LogP contribution in [0.15, 0.2) is 291 Å². The standard InChI is InChI=1S/C107H102BN5/c1-102(2,3)73-54-71(55-74(59-73)103(4,5)6)70-50-52-87-93(56-70)112(101-85(69-40-26-21-27-41-69)62-76(105(10,11)12)63-86(101)72-57-97(106(13,14)15)109-98(58-72)107(16,17)18)95-65-78(111-91-48-34-30-44-81(91)82-45-31-35-49-92(82)111)66-96-99(95)108(87)88-53-51-77(110-89-46-32-28-42-79(89)80-43-29-33-47-90(80)110)64-94(88)113(96)100-83(67-36-22-19-23-37-67)60-75(104(7,8)9)61-84(100)68-38-24-20-25-39-68/h19-66H,1-18H3/i28D,29D,30D,31D,32D,33D,34D,35D,42D,43D,44D,45D,46D,47D,48D,49D. The summed E-state index contributed by atoms with van der Waals surface area (Å²) in [6.45, 7) is 38.9. The van der Waals surface area contributed by atoms with Gasteiger partial charge in [0.2, 0.25) is 0 Å². The van der Waals surface area contributed by atoms with Gasteiger partial charge in [0.15, 0.2) is 0 Å². The molecule has 0 atom stereocenters. The van der Waals surface area contributed by atoms with Crippen LogP contribution >= 0.6 is 0 Å². The van der Waals surface area contributed by atoms with Crippen LogP contribution in [0.25, 0.3) is 111 Å². The second kappa shape index (κ2) is 26.5. The zero-order chi connectivity index (χ0) is 92.7. The van der Waals surface area contributed by atoms with Crippen LogP contribution in [0.2, 0.25) is 0 Å². The molecule has 16 aromatic rings. The summed E-state index contributed by atoms with van der Waals surface area (Å²) in [6.07, 6.45) is 0. The fourth-order valence-electron chi connectivity index (χ4n) is 16.7. The largest absolute Gasteiger partial charge is 0.310 e. The molecule has 0 saturated carbocycles. The second-order valence-electron chi connectivity index (χ2n) is 36.9. The molecule has 0 amide bonds. The van der Waals surface area contributed by atoms with E-state index in [1.165, 1.54) is 0 Å². The van der Waals surface area contributed by atoms with Crippen LogP contribution in [0.4, 0.5) is 34.1 Å². The molecule has 0 saturated heterocycles. The Kier molecular flexibility index (Phi) is 13.2. The zero-order valence-electron chi connectivity index (χ0n) is 83.8. The molecule has 5 heterocycles. The maximum Gasteiger partial charge on any atom is 0.252 e. The Morgan fingerprint density at radius 3 is 0.973 bits per heavy atom. The summed E-state index contributed by atoms with van der Waals surface area (Å²) in [4.78, 5) is 10.2. The van der Waals surface area contributed by atoms with Crippen molar-refractivity contribution >= 4 is 101 Å². The molecule has 2 aliphatic heterocycles. The van der Waals surface area contributed by atoms with E-state index >= 15 is 0 Å². The summed E-state index contributed by atoms with van der Waals surface area (Å²) in [7, 11) is 0. The highest BCUT2D eigenvalue weighted by molar-refractivity contribution is 7.00. The fraction of sp³-hybridized carbons (Fsp3) is 0.224. The van der Waals surface area contributed by atoms with Gasteiger partial charge in [-0.25, -0.2) is 0 Å². The molecule has 0 unspecified atom stereocenters. The summed E-state index contributed by atoms with van der Waals surface area (Å²) in [6, 6.07) is 59.1. The topological polar surface area (TPSA) is 29.2 Å². The lowest BCUT2D eigenvalue weighted by Crippen LogP contribution is -2.61. The number of pyridine rings is 1. The first-order chi connectivity index (χ1) is 60.5. The minimum Gasteiger partial charge on any atom is -0.310 e. The van der Waals surface area contributed by atoms with Crippen LogP contribution in [0.1, 0.15) is 180 Å². The Morgan fingerprint density at radius 2 is 0.602 bits per heavy atom. The van der Waals surface area contributed by atoms with E-state index in [1.807, 2.05) is 72.8 Å². The molecule has 0 aliphatic carbocycles. The van der Waals surface area contributed by atoms with E-state index in [0.29, 0.717) is 22.7 Å². The molecular weight excluding hydrogens is 1370 g/mol. The molecule has 0 N–H and O–H groups in total. The van der Waals surface area contributed by atoms with E-state index in [-0.39, 0.29) is 65.8 Å². The SMILES string of the molecule is [2H]c1c([2H])c([2H])c2c(c1[2H])c1c([2H])c([2H])c([2H])c([2H])c1n2-c1ccc2c(c1)N(c1c(-c3ccccc3)cc(C(C)(C)C)cc1-c1ccccc1)c1cc(-n3c4c([2H])c([2H])c([2H])c([2H])c4c4c([2H])c([2H])c([2H])c([2H])c43)cc3c1B2c1ccc(-c2cc(C(C)(C)C)cc(C(C)(C)C)c2)cc1N3c1c(-c2ccccc2)cc(C(C)(C)C)cc1-c1cc(C(C)(C)C)nc(C(C)(C)C)c1. The van der Waals surface area contributed by atoms with Crippen molar-refractivity contribution in [3.63, 3.8) is 0 Å². The predicted octanol–water partition coefficient (Wildman–Crippen LogP) is 27.5. The Bertz CT molecular complexity index is 7220. The summed E-state index contributed by atoms with van der Waals surface area (Å²) in [5, 5.41) is -0.445. The van der Waals surface area contributed by atoms with Gasteiger partial charge in [-0.15, -0.1) is 0 Å². The third kappa shape index (κ3) is 12.5. The van der Waals surface area contributed by atoms with Crippen molar-refractivity contribution in [2.24, 2.45) is 0 Å². The van der Waals surface area contributed by atoms with Gasteiger partial charge in [-0.3, -0.25) is 4.98 Å². The highest BCUT2D eigenvalue weighted by Crippen LogP contribution is 2.56. The van der Waals surface area contributed by atoms with Crippen LogP contribution in [-0.2, 0) is 32.5 Å². The number of hydrogen-bond donors (Lipinski definition) is 0. The van der Waals surface area contributed by atoms with Gasteiger partial charge in [-0.05, 0) is 185 Å². The number of aromatic nitrogens is 3. The number of nitrogens with zero attached hydrogens (tertiary/aromatic N) is 5. The van der Waals surface area contributed by atoms with Crippen molar-refractivity contribution in [2.45, 2.75) is 157 Å². The van der Waals surface area contributed by atoms with Crippen LogP contribution < -0.4 is 26.2 Å². The quantitative estimate of drug-likeness (QED) is 0.135. The van der Waals surface area contributed by atoms with Crippen molar-refractivity contribution in [3.05, 3.63) is 324 Å². The van der Waals surface area contributed by atoms with Crippen molar-refractivity contribution in [2.75, 3.05) is 9.80 Å². The summed E-state index contributed by atoms with van der Waals surface area (Å²) in [5.74, 6) is 0. The van der Waals surface area contributed by atoms with Crippen LogP contribution in [-0.4, -0.2) is 20.8 Å². The Balaban J connectivity index is 1.14. The average molecular weight is 1480 g/mol. The molecule has 3 aromatic heterocycles. The lowest BCUT2D eigenvalue weighted by molar-refractivity contribution is 0.531. The van der Waals surface area contributed by atoms with E-state index in [1.54, 1.807) is 9.13 Å². The van der Waals surface area contributed by atoms with E-state index in [2.05, 4.69) is 256 Å². The molecule has 18 rings (SSSR count). The van der Waals surface area contributed by atoms with Crippen molar-refractivity contribution in [3.8, 4) is 67.0 Å². The van der Waals surface area contributed by atoms with Crippen molar-refractivity contribution in [1.82, 2.24) is 14.1 Å². The second-order valence-corrected chi connectivity index (χ2v) is 36.9. The molecule has 113 heavy (non-hydrogen) atoms. The van der Waals surface area contributed by atoms with Gasteiger partial charge in [-0.2, -0.15) is 0 Å². The van der Waals surface area contributed by atoms with Gasteiger partial charge in [0.1, 0.15) is 0 Å². The molecule has 6 heteroatoms. The monoisotopic (exact) mass is 1480 g/mol. The first-order valence-electron chi connectivity index (χ1n) is 47.3. The molecule has 2 aliphatic rings. The van der Waals surface area contributed by atoms with E-state index in [9.17, 15) is 21.9 Å². The van der Waals surface area contributed by atoms with Crippen molar-refractivity contribution < 1.29 is 21.9 Å². The highest BCUT2D eigenvalue weighted by Gasteiger charge is 2.47. The van der Waals surface area contributed by atoms with Crippen LogP contribution in [0.3, 0.4) is 0 Å². The number of hydrogen-bond acceptors (Lipinski definition) is 3. The van der Waals surface area contributed by atoms with Crippen molar-refractivity contribution in [1.29, 1.82) is 0 Å². The van der Waals surface area contributed by atoms with Gasteiger partial charge >= 0.3 is 0 Å². The number of fused-ring (bicyclic) bond motifs is 10. The van der Waals surface area contributed by atoms with Gasteiger partial charge < -0.3 is 18.9 Å². The van der Waals surface area contributed by atoms with Gasteiger partial charge in [0.25, 0.3) is 6.71 Å². The molecule has 5 nitrogen and oxygen atoms in total. The maximum absolute atomic E-state index is 10.4. The average Bonchev–Trinajstić information content (AvgIpc) is 1.63. The molecule has 0 radical (unpaired) electrons. The minimum atomic E-state index is -0.830. The molecule has 558 valence electrons. The summed E-state index contributed by atoms with van der Waals surface area (Å²) < 4.78 is 159. The summed E-state index contributed by atoms with van der Waals surface area (Å²) in [5.41, 5.74) is 17.9. The third-order valence-electron chi connectivity index (χ3n) is 22.9. The number of benzene rings is 13. The number of para-hydroxylation sites is 4. The normalized spacial score (nSPS) is 15.3. The first kappa shape index (κ1) is 56.5. The first-order valence-corrected chi connectivity index (χ1v) is 39.3. The molecule has 0 spiro atoms. The molecule has 13 aromatic carbocycles. The van der Waals surface area contributed by atoms with Crippen LogP contribution in [0.5, 0.6) is 0 Å². The smallest absolute Gasteiger partial charge is 0.252 e.